The maximum Gasteiger partial charge on any atom is 0.0995 e. The maximum atomic E-state index is 10.2. The SMILES string of the molecule is N#Cc1cc(NCc2ccccc2)ccc1C(c1ccc(N)cc1)c1ccc(NCc2ccccc2)cc1C#N. The van der Waals surface area contributed by atoms with Crippen molar-refractivity contribution in [1.29, 1.82) is 10.5 Å². The van der Waals surface area contributed by atoms with Gasteiger partial charge in [-0.2, -0.15) is 10.5 Å². The van der Waals surface area contributed by atoms with Gasteiger partial charge in [-0.25, -0.2) is 0 Å². The molecule has 0 saturated heterocycles. The molecule has 5 rings (SSSR count). The Bertz CT molecular complexity index is 1560. The first kappa shape index (κ1) is 26.1. The van der Waals surface area contributed by atoms with Gasteiger partial charge in [0.1, 0.15) is 0 Å². The molecule has 0 atom stereocenters. The third-order valence-corrected chi connectivity index (χ3v) is 6.92. The molecule has 5 heteroatoms. The monoisotopic (exact) mass is 519 g/mol. The topological polar surface area (TPSA) is 97.7 Å². The van der Waals surface area contributed by atoms with Crippen molar-refractivity contribution in [3.8, 4) is 12.1 Å². The second-order valence-electron chi connectivity index (χ2n) is 9.61. The smallest absolute Gasteiger partial charge is 0.0995 e. The van der Waals surface area contributed by atoms with Crippen LogP contribution in [0, 0.1) is 22.7 Å². The van der Waals surface area contributed by atoms with E-state index < -0.39 is 0 Å². The van der Waals surface area contributed by atoms with Crippen molar-refractivity contribution in [2.75, 3.05) is 16.4 Å². The Balaban J connectivity index is 1.50. The van der Waals surface area contributed by atoms with Gasteiger partial charge in [0.05, 0.1) is 23.3 Å². The first-order valence-corrected chi connectivity index (χ1v) is 13.1. The van der Waals surface area contributed by atoms with Crippen molar-refractivity contribution in [2.24, 2.45) is 0 Å². The molecule has 40 heavy (non-hydrogen) atoms. The van der Waals surface area contributed by atoms with E-state index in [0.29, 0.717) is 29.9 Å². The molecule has 0 heterocycles. The van der Waals surface area contributed by atoms with E-state index in [1.807, 2.05) is 97.1 Å². The highest BCUT2D eigenvalue weighted by atomic mass is 14.9. The van der Waals surface area contributed by atoms with E-state index in [1.54, 1.807) is 0 Å². The molecule has 0 aromatic heterocycles. The van der Waals surface area contributed by atoms with Crippen LogP contribution >= 0.6 is 0 Å². The lowest BCUT2D eigenvalue weighted by Gasteiger charge is -2.22. The van der Waals surface area contributed by atoms with Crippen LogP contribution in [0.15, 0.2) is 121 Å². The maximum absolute atomic E-state index is 10.2. The number of nitrogens with two attached hydrogens (primary N) is 1. The van der Waals surface area contributed by atoms with Crippen LogP contribution in [0.25, 0.3) is 0 Å². The minimum atomic E-state index is -0.323. The standard InChI is InChI=1S/C35H29N5/c36-21-28-19-31(39-23-25-7-3-1-4-8-25)15-17-33(28)35(27-11-13-30(38)14-12-27)34-18-16-32(20-29(34)22-37)40-24-26-9-5-2-6-10-26/h1-20,35,39-40H,23-24,38H2. The van der Waals surface area contributed by atoms with Gasteiger partial charge in [-0.1, -0.05) is 84.9 Å². The van der Waals surface area contributed by atoms with Gasteiger partial charge in [-0.3, -0.25) is 0 Å². The summed E-state index contributed by atoms with van der Waals surface area (Å²) in [7, 11) is 0. The number of nitriles is 2. The summed E-state index contributed by atoms with van der Waals surface area (Å²) in [6, 6.07) is 44.4. The molecule has 0 fully saturated rings. The summed E-state index contributed by atoms with van der Waals surface area (Å²) in [6.45, 7) is 1.31. The molecule has 5 aromatic rings. The Morgan fingerprint density at radius 3 is 1.45 bits per heavy atom. The summed E-state index contributed by atoms with van der Waals surface area (Å²) in [5, 5.41) is 27.2. The fourth-order valence-corrected chi connectivity index (χ4v) is 4.84. The number of rotatable bonds is 9. The van der Waals surface area contributed by atoms with E-state index in [1.165, 1.54) is 0 Å². The number of nitrogen functional groups attached to an aromatic ring is 1. The highest BCUT2D eigenvalue weighted by molar-refractivity contribution is 5.62. The van der Waals surface area contributed by atoms with Crippen molar-refractivity contribution in [1.82, 2.24) is 0 Å². The average Bonchev–Trinajstić information content (AvgIpc) is 3.01. The summed E-state index contributed by atoms with van der Waals surface area (Å²) < 4.78 is 0. The number of nitrogens with zero attached hydrogens (tertiary/aromatic N) is 2. The fraction of sp³-hybridized carbons (Fsp3) is 0.0857. The molecule has 0 unspecified atom stereocenters. The van der Waals surface area contributed by atoms with Crippen molar-refractivity contribution in [3.63, 3.8) is 0 Å². The van der Waals surface area contributed by atoms with Crippen molar-refractivity contribution in [3.05, 3.63) is 160 Å². The average molecular weight is 520 g/mol. The van der Waals surface area contributed by atoms with Gasteiger partial charge in [0.2, 0.25) is 0 Å². The van der Waals surface area contributed by atoms with Crippen LogP contribution in [0.5, 0.6) is 0 Å². The molecular weight excluding hydrogens is 490 g/mol. The number of hydrogen-bond donors (Lipinski definition) is 3. The van der Waals surface area contributed by atoms with E-state index >= 15 is 0 Å². The molecule has 0 aliphatic heterocycles. The predicted octanol–water partition coefficient (Wildman–Crippen LogP) is 7.42. The summed E-state index contributed by atoms with van der Waals surface area (Å²) in [6.07, 6.45) is 0. The Morgan fingerprint density at radius 2 is 1.02 bits per heavy atom. The van der Waals surface area contributed by atoms with Crippen molar-refractivity contribution in [2.45, 2.75) is 19.0 Å². The number of anilines is 3. The molecular formula is C35H29N5. The van der Waals surface area contributed by atoms with Crippen molar-refractivity contribution < 1.29 is 0 Å². The molecule has 5 aromatic carbocycles. The van der Waals surface area contributed by atoms with E-state index in [4.69, 9.17) is 5.73 Å². The molecule has 0 amide bonds. The van der Waals surface area contributed by atoms with E-state index in [-0.39, 0.29) is 5.92 Å². The van der Waals surface area contributed by atoms with Crippen LogP contribution < -0.4 is 16.4 Å². The molecule has 0 bridgehead atoms. The van der Waals surface area contributed by atoms with E-state index in [9.17, 15) is 10.5 Å². The second kappa shape index (κ2) is 12.3. The van der Waals surface area contributed by atoms with Gasteiger partial charge >= 0.3 is 0 Å². The van der Waals surface area contributed by atoms with E-state index in [2.05, 4.69) is 47.0 Å². The lowest BCUT2D eigenvalue weighted by atomic mass is 9.81. The molecule has 4 N–H and O–H groups in total. The number of hydrogen-bond acceptors (Lipinski definition) is 5. The van der Waals surface area contributed by atoms with Crippen LogP contribution in [0.4, 0.5) is 17.1 Å². The number of benzene rings is 5. The fourth-order valence-electron chi connectivity index (χ4n) is 4.84. The highest BCUT2D eigenvalue weighted by Gasteiger charge is 2.23. The normalized spacial score (nSPS) is 10.5. The molecule has 0 aliphatic carbocycles. The highest BCUT2D eigenvalue weighted by Crippen LogP contribution is 2.37. The largest absolute Gasteiger partial charge is 0.399 e. The Morgan fingerprint density at radius 1 is 0.575 bits per heavy atom. The van der Waals surface area contributed by atoms with Gasteiger partial charge in [0.25, 0.3) is 0 Å². The lowest BCUT2D eigenvalue weighted by Crippen LogP contribution is -2.09. The minimum absolute atomic E-state index is 0.323. The third-order valence-electron chi connectivity index (χ3n) is 6.92. The summed E-state index contributed by atoms with van der Waals surface area (Å²) >= 11 is 0. The van der Waals surface area contributed by atoms with Gasteiger partial charge in [-0.05, 0) is 64.2 Å². The molecule has 0 saturated carbocycles. The van der Waals surface area contributed by atoms with Crippen LogP contribution in [0.1, 0.15) is 44.9 Å². The summed E-state index contributed by atoms with van der Waals surface area (Å²) in [4.78, 5) is 0. The zero-order chi connectivity index (χ0) is 27.7. The Labute approximate surface area is 235 Å². The molecule has 194 valence electrons. The predicted molar refractivity (Wildman–Crippen MR) is 162 cm³/mol. The van der Waals surface area contributed by atoms with Crippen LogP contribution in [-0.4, -0.2) is 0 Å². The van der Waals surface area contributed by atoms with Crippen LogP contribution in [0.3, 0.4) is 0 Å². The van der Waals surface area contributed by atoms with Crippen LogP contribution in [0.2, 0.25) is 0 Å². The quantitative estimate of drug-likeness (QED) is 0.139. The zero-order valence-electron chi connectivity index (χ0n) is 22.0. The third kappa shape index (κ3) is 6.13. The van der Waals surface area contributed by atoms with Gasteiger partial charge in [0.15, 0.2) is 0 Å². The summed E-state index contributed by atoms with van der Waals surface area (Å²) in [5.74, 6) is -0.323. The lowest BCUT2D eigenvalue weighted by molar-refractivity contribution is 0.965. The molecule has 5 nitrogen and oxygen atoms in total. The van der Waals surface area contributed by atoms with Gasteiger partial charge in [0, 0.05) is 36.1 Å². The van der Waals surface area contributed by atoms with Crippen LogP contribution in [-0.2, 0) is 13.1 Å². The first-order chi connectivity index (χ1) is 19.6. The second-order valence-corrected chi connectivity index (χ2v) is 9.61. The van der Waals surface area contributed by atoms with Gasteiger partial charge < -0.3 is 16.4 Å². The van der Waals surface area contributed by atoms with Crippen molar-refractivity contribution >= 4 is 17.1 Å². The summed E-state index contributed by atoms with van der Waals surface area (Å²) in [5.41, 5.74) is 14.4. The molecule has 0 spiro atoms. The van der Waals surface area contributed by atoms with Gasteiger partial charge in [-0.15, -0.1) is 0 Å². The molecule has 0 radical (unpaired) electrons. The molecule has 0 aliphatic rings. The first-order valence-electron chi connectivity index (χ1n) is 13.1. The number of nitrogens with one attached hydrogen (secondary N) is 2. The Kier molecular flexibility index (Phi) is 8.06. The zero-order valence-corrected chi connectivity index (χ0v) is 22.0. The van der Waals surface area contributed by atoms with E-state index in [0.717, 1.165) is 39.2 Å². The Hall–Kier alpha value is -5.52. The minimum Gasteiger partial charge on any atom is -0.399 e.